The van der Waals surface area contributed by atoms with Crippen molar-refractivity contribution in [3.8, 4) is 0 Å². The van der Waals surface area contributed by atoms with Gasteiger partial charge in [-0.1, -0.05) is 18.2 Å². The van der Waals surface area contributed by atoms with Crippen molar-refractivity contribution in [1.82, 2.24) is 0 Å². The van der Waals surface area contributed by atoms with Crippen LogP contribution in [0.4, 0.5) is 10.5 Å². The number of hydrogen-bond donors (Lipinski definition) is 1. The molecule has 0 radical (unpaired) electrons. The normalized spacial score (nSPS) is 18.9. The van der Waals surface area contributed by atoms with E-state index in [1.54, 1.807) is 4.90 Å². The van der Waals surface area contributed by atoms with Gasteiger partial charge in [0.15, 0.2) is 0 Å². The maximum absolute atomic E-state index is 12.3. The first-order valence-electron chi connectivity index (χ1n) is 6.60. The number of hydrogen-bond acceptors (Lipinski definition) is 3. The van der Waals surface area contributed by atoms with E-state index in [-0.39, 0.29) is 18.6 Å². The Morgan fingerprint density at radius 2 is 2.11 bits per heavy atom. The Labute approximate surface area is 114 Å². The van der Waals surface area contributed by atoms with E-state index in [2.05, 4.69) is 0 Å². The highest BCUT2D eigenvalue weighted by Gasteiger charge is 2.30. The first-order valence-corrected chi connectivity index (χ1v) is 6.60. The van der Waals surface area contributed by atoms with Gasteiger partial charge < -0.3 is 9.84 Å². The number of aliphatic hydroxyl groups is 1. The van der Waals surface area contributed by atoms with E-state index in [4.69, 9.17) is 4.74 Å². The summed E-state index contributed by atoms with van der Waals surface area (Å²) >= 11 is 0. The summed E-state index contributed by atoms with van der Waals surface area (Å²) in [6.45, 7) is 6.13. The lowest BCUT2D eigenvalue weighted by Gasteiger charge is -2.35. The van der Waals surface area contributed by atoms with E-state index >= 15 is 0 Å². The number of anilines is 1. The number of carbonyl (C=O) groups is 1. The van der Waals surface area contributed by atoms with Gasteiger partial charge in [-0.2, -0.15) is 0 Å². The molecule has 4 nitrogen and oxygen atoms in total. The fourth-order valence-electron chi connectivity index (χ4n) is 2.29. The van der Waals surface area contributed by atoms with Gasteiger partial charge in [0.2, 0.25) is 0 Å². The van der Waals surface area contributed by atoms with Crippen molar-refractivity contribution in [2.24, 2.45) is 5.92 Å². The maximum atomic E-state index is 12.3. The second kappa shape index (κ2) is 5.21. The van der Waals surface area contributed by atoms with Gasteiger partial charge >= 0.3 is 6.09 Å². The molecule has 0 bridgehead atoms. The van der Waals surface area contributed by atoms with Crippen LogP contribution in [0.3, 0.4) is 0 Å². The minimum atomic E-state index is -0.516. The zero-order valence-electron chi connectivity index (χ0n) is 11.7. The number of ether oxygens (including phenoxy) is 1. The summed E-state index contributed by atoms with van der Waals surface area (Å²) in [6.07, 6.45) is 0.449. The van der Waals surface area contributed by atoms with Crippen LogP contribution in [0.25, 0.3) is 0 Å². The average molecular weight is 263 g/mol. The molecule has 1 N–H and O–H groups in total. The molecule has 104 valence electrons. The van der Waals surface area contributed by atoms with Gasteiger partial charge in [-0.15, -0.1) is 0 Å². The van der Waals surface area contributed by atoms with Gasteiger partial charge in [-0.05, 0) is 38.8 Å². The molecular formula is C15H21NO3. The third-order valence-electron chi connectivity index (χ3n) is 3.10. The largest absolute Gasteiger partial charge is 0.443 e. The Kier molecular flexibility index (Phi) is 3.80. The van der Waals surface area contributed by atoms with E-state index in [1.807, 2.05) is 45.0 Å². The summed E-state index contributed by atoms with van der Waals surface area (Å²) in [5.74, 6) is 0.0717. The van der Waals surface area contributed by atoms with Crippen molar-refractivity contribution in [2.75, 3.05) is 18.1 Å². The van der Waals surface area contributed by atoms with Crippen LogP contribution in [0.15, 0.2) is 24.3 Å². The zero-order chi connectivity index (χ0) is 14.0. The third kappa shape index (κ3) is 3.26. The van der Waals surface area contributed by atoms with Gasteiger partial charge in [-0.25, -0.2) is 4.79 Å². The Hall–Kier alpha value is -1.55. The van der Waals surface area contributed by atoms with Crippen LogP contribution >= 0.6 is 0 Å². The van der Waals surface area contributed by atoms with E-state index < -0.39 is 5.60 Å². The molecule has 0 aliphatic carbocycles. The summed E-state index contributed by atoms with van der Waals surface area (Å²) < 4.78 is 5.43. The van der Waals surface area contributed by atoms with E-state index in [0.717, 1.165) is 17.7 Å². The van der Waals surface area contributed by atoms with Crippen LogP contribution in [0.5, 0.6) is 0 Å². The number of rotatable bonds is 1. The Balaban J connectivity index is 2.27. The quantitative estimate of drug-likeness (QED) is 0.847. The van der Waals surface area contributed by atoms with E-state index in [9.17, 15) is 9.90 Å². The molecular weight excluding hydrogens is 242 g/mol. The van der Waals surface area contributed by atoms with Gasteiger partial charge in [-0.3, -0.25) is 4.90 Å². The summed E-state index contributed by atoms with van der Waals surface area (Å²) in [5, 5.41) is 9.37. The Bertz CT molecular complexity index is 465. The number of para-hydroxylation sites is 1. The standard InChI is InChI=1S/C15H21NO3/c1-15(2,3)19-14(18)16-9-11(10-17)8-12-6-4-5-7-13(12)16/h4-7,11,17H,8-10H2,1-3H3/t11-/m1/s1. The molecule has 1 aromatic rings. The number of fused-ring (bicyclic) bond motifs is 1. The SMILES string of the molecule is CC(C)(C)OC(=O)N1C[C@H](CO)Cc2ccccc21. The predicted molar refractivity (Wildman–Crippen MR) is 74.3 cm³/mol. The highest BCUT2D eigenvalue weighted by molar-refractivity contribution is 5.89. The summed E-state index contributed by atoms with van der Waals surface area (Å²) in [4.78, 5) is 13.9. The number of nitrogens with zero attached hydrogens (tertiary/aromatic N) is 1. The van der Waals surface area contributed by atoms with Crippen LogP contribution in [-0.4, -0.2) is 30.0 Å². The predicted octanol–water partition coefficient (Wildman–Crippen LogP) is 2.59. The molecule has 1 aliphatic heterocycles. The fourth-order valence-corrected chi connectivity index (χ4v) is 2.29. The van der Waals surface area contributed by atoms with Gasteiger partial charge in [0.1, 0.15) is 5.60 Å². The monoisotopic (exact) mass is 263 g/mol. The lowest BCUT2D eigenvalue weighted by molar-refractivity contribution is 0.0566. The first kappa shape index (κ1) is 13.9. The van der Waals surface area contributed by atoms with Crippen molar-refractivity contribution in [2.45, 2.75) is 32.8 Å². The van der Waals surface area contributed by atoms with Gasteiger partial charge in [0, 0.05) is 19.1 Å². The molecule has 0 fully saturated rings. The van der Waals surface area contributed by atoms with Crippen LogP contribution in [0.2, 0.25) is 0 Å². The lowest BCUT2D eigenvalue weighted by Crippen LogP contribution is -2.43. The fraction of sp³-hybridized carbons (Fsp3) is 0.533. The van der Waals surface area contributed by atoms with Crippen LogP contribution in [0.1, 0.15) is 26.3 Å². The summed E-state index contributed by atoms with van der Waals surface area (Å²) in [7, 11) is 0. The molecule has 0 unspecified atom stereocenters. The number of carbonyl (C=O) groups excluding carboxylic acids is 1. The molecule has 1 heterocycles. The average Bonchev–Trinajstić information content (AvgIpc) is 2.35. The molecule has 1 aliphatic rings. The van der Waals surface area contributed by atoms with Crippen molar-refractivity contribution < 1.29 is 14.6 Å². The van der Waals surface area contributed by atoms with Crippen LogP contribution < -0.4 is 4.90 Å². The topological polar surface area (TPSA) is 49.8 Å². The smallest absolute Gasteiger partial charge is 0.414 e. The second-order valence-corrected chi connectivity index (χ2v) is 5.97. The van der Waals surface area contributed by atoms with E-state index in [0.29, 0.717) is 6.54 Å². The molecule has 2 rings (SSSR count). The summed E-state index contributed by atoms with van der Waals surface area (Å²) in [5.41, 5.74) is 1.46. The van der Waals surface area contributed by atoms with Crippen LogP contribution in [-0.2, 0) is 11.2 Å². The van der Waals surface area contributed by atoms with Crippen molar-refractivity contribution >= 4 is 11.8 Å². The molecule has 0 saturated heterocycles. The number of amides is 1. The molecule has 1 atom stereocenters. The lowest BCUT2D eigenvalue weighted by atomic mass is 9.93. The minimum absolute atomic E-state index is 0.0717. The molecule has 0 saturated carbocycles. The second-order valence-electron chi connectivity index (χ2n) is 5.97. The maximum Gasteiger partial charge on any atom is 0.414 e. The molecule has 0 aromatic heterocycles. The molecule has 4 heteroatoms. The third-order valence-corrected chi connectivity index (χ3v) is 3.10. The van der Waals surface area contributed by atoms with Gasteiger partial charge in [0.25, 0.3) is 0 Å². The number of aliphatic hydroxyl groups excluding tert-OH is 1. The molecule has 0 spiro atoms. The highest BCUT2D eigenvalue weighted by atomic mass is 16.6. The molecule has 1 amide bonds. The van der Waals surface area contributed by atoms with E-state index in [1.165, 1.54) is 0 Å². The van der Waals surface area contributed by atoms with Crippen molar-refractivity contribution in [1.29, 1.82) is 0 Å². The Morgan fingerprint density at radius 1 is 1.42 bits per heavy atom. The molecule has 1 aromatic carbocycles. The number of benzene rings is 1. The first-order chi connectivity index (χ1) is 8.90. The van der Waals surface area contributed by atoms with Crippen molar-refractivity contribution in [3.63, 3.8) is 0 Å². The zero-order valence-corrected chi connectivity index (χ0v) is 11.7. The van der Waals surface area contributed by atoms with Gasteiger partial charge in [0.05, 0.1) is 5.69 Å². The highest BCUT2D eigenvalue weighted by Crippen LogP contribution is 2.30. The van der Waals surface area contributed by atoms with Crippen LogP contribution in [0, 0.1) is 5.92 Å². The molecule has 19 heavy (non-hydrogen) atoms. The summed E-state index contributed by atoms with van der Waals surface area (Å²) in [6, 6.07) is 7.78. The minimum Gasteiger partial charge on any atom is -0.443 e. The Morgan fingerprint density at radius 3 is 2.74 bits per heavy atom. The van der Waals surface area contributed by atoms with Crippen molar-refractivity contribution in [3.05, 3.63) is 29.8 Å².